The van der Waals surface area contributed by atoms with Crippen LogP contribution in [0.15, 0.2) is 24.8 Å². The molecule has 0 aromatic rings. The fourth-order valence-electron chi connectivity index (χ4n) is 1.83. The Bertz CT molecular complexity index is 235. The van der Waals surface area contributed by atoms with Gasteiger partial charge in [0, 0.05) is 26.1 Å². The van der Waals surface area contributed by atoms with Crippen LogP contribution < -0.4 is 0 Å². The van der Waals surface area contributed by atoms with Gasteiger partial charge < -0.3 is 14.3 Å². The van der Waals surface area contributed by atoms with E-state index in [0.717, 1.165) is 6.29 Å². The van der Waals surface area contributed by atoms with Crippen LogP contribution >= 0.6 is 0 Å². The van der Waals surface area contributed by atoms with Crippen LogP contribution in [-0.2, 0) is 14.3 Å². The number of methoxy groups -OCH3 is 2. The van der Waals surface area contributed by atoms with Crippen LogP contribution in [0.25, 0.3) is 0 Å². The predicted octanol–water partition coefficient (Wildman–Crippen LogP) is 2.23. The molecule has 0 heterocycles. The van der Waals surface area contributed by atoms with E-state index < -0.39 is 0 Å². The second-order valence-corrected chi connectivity index (χ2v) is 3.88. The van der Waals surface area contributed by atoms with Gasteiger partial charge in [-0.15, -0.1) is 0 Å². The molecule has 0 aliphatic heterocycles. The van der Waals surface area contributed by atoms with Crippen LogP contribution in [0.4, 0.5) is 0 Å². The molecule has 4 atom stereocenters. The molecular formula is C13H22O3. The van der Waals surface area contributed by atoms with Crippen molar-refractivity contribution in [2.75, 3.05) is 14.2 Å². The van der Waals surface area contributed by atoms with Crippen molar-refractivity contribution in [3.05, 3.63) is 24.8 Å². The summed E-state index contributed by atoms with van der Waals surface area (Å²) in [5.41, 5.74) is 0. The van der Waals surface area contributed by atoms with Gasteiger partial charge in [0.1, 0.15) is 6.29 Å². The molecule has 0 saturated heterocycles. The average molecular weight is 226 g/mol. The summed E-state index contributed by atoms with van der Waals surface area (Å²) < 4.78 is 10.7. The summed E-state index contributed by atoms with van der Waals surface area (Å²) in [7, 11) is 3.26. The lowest BCUT2D eigenvalue weighted by Crippen LogP contribution is -2.36. The minimum Gasteiger partial charge on any atom is -0.380 e. The third-order valence-electron chi connectivity index (χ3n) is 2.75. The number of rotatable bonds is 8. The molecule has 0 amide bonds. The summed E-state index contributed by atoms with van der Waals surface area (Å²) in [4.78, 5) is 10.8. The SMILES string of the molecule is C=C/C=C/[C@H](OC)[C@H](C)[C@@H](OC)[C@@H](C)C=O. The van der Waals surface area contributed by atoms with Crippen LogP contribution in [0.1, 0.15) is 13.8 Å². The van der Waals surface area contributed by atoms with E-state index in [0.29, 0.717) is 0 Å². The number of allylic oxidation sites excluding steroid dienone is 2. The summed E-state index contributed by atoms with van der Waals surface area (Å²) in [6.07, 6.45) is 6.14. The van der Waals surface area contributed by atoms with Crippen molar-refractivity contribution in [1.29, 1.82) is 0 Å². The second-order valence-electron chi connectivity index (χ2n) is 3.88. The van der Waals surface area contributed by atoms with Crippen molar-refractivity contribution in [3.63, 3.8) is 0 Å². The van der Waals surface area contributed by atoms with Gasteiger partial charge in [-0.1, -0.05) is 38.7 Å². The molecule has 0 N–H and O–H groups in total. The van der Waals surface area contributed by atoms with Crippen molar-refractivity contribution in [2.24, 2.45) is 11.8 Å². The highest BCUT2D eigenvalue weighted by atomic mass is 16.5. The molecule has 3 heteroatoms. The molecule has 0 fully saturated rings. The summed E-state index contributed by atoms with van der Waals surface area (Å²) >= 11 is 0. The standard InChI is InChI=1S/C13H22O3/c1-6-7-8-12(15-4)11(3)13(16-5)10(2)9-14/h6-13H,1H2,2-5H3/b8-7+/t10-,11-,12-,13-/m0/s1. The monoisotopic (exact) mass is 226 g/mol. The molecule has 0 aliphatic carbocycles. The van der Waals surface area contributed by atoms with E-state index in [1.165, 1.54) is 0 Å². The van der Waals surface area contributed by atoms with Gasteiger partial charge in [-0.05, 0) is 0 Å². The minimum absolute atomic E-state index is 0.0784. The normalized spacial score (nSPS) is 19.0. The lowest BCUT2D eigenvalue weighted by Gasteiger charge is -2.29. The predicted molar refractivity (Wildman–Crippen MR) is 65.3 cm³/mol. The fraction of sp³-hybridized carbons (Fsp3) is 0.615. The van der Waals surface area contributed by atoms with Crippen molar-refractivity contribution in [3.8, 4) is 0 Å². The Morgan fingerprint density at radius 2 is 1.81 bits per heavy atom. The molecule has 92 valence electrons. The number of aldehydes is 1. The molecule has 0 aliphatic rings. The van der Waals surface area contributed by atoms with E-state index >= 15 is 0 Å². The van der Waals surface area contributed by atoms with E-state index in [4.69, 9.17) is 9.47 Å². The van der Waals surface area contributed by atoms with Gasteiger partial charge in [0.25, 0.3) is 0 Å². The highest BCUT2D eigenvalue weighted by molar-refractivity contribution is 5.53. The first-order valence-corrected chi connectivity index (χ1v) is 5.42. The van der Waals surface area contributed by atoms with Gasteiger partial charge in [0.2, 0.25) is 0 Å². The van der Waals surface area contributed by atoms with E-state index in [1.807, 2.05) is 26.0 Å². The first kappa shape index (κ1) is 15.1. The van der Waals surface area contributed by atoms with E-state index in [1.54, 1.807) is 20.3 Å². The third-order valence-corrected chi connectivity index (χ3v) is 2.75. The van der Waals surface area contributed by atoms with Crippen molar-refractivity contribution >= 4 is 6.29 Å². The summed E-state index contributed by atoms with van der Waals surface area (Å²) in [5.74, 6) is -0.0406. The van der Waals surface area contributed by atoms with Crippen molar-refractivity contribution in [2.45, 2.75) is 26.1 Å². The maximum absolute atomic E-state index is 10.8. The molecule has 3 nitrogen and oxygen atoms in total. The van der Waals surface area contributed by atoms with Crippen LogP contribution in [0.3, 0.4) is 0 Å². The van der Waals surface area contributed by atoms with Gasteiger partial charge in [0.05, 0.1) is 12.2 Å². The first-order chi connectivity index (χ1) is 7.62. The van der Waals surface area contributed by atoms with Gasteiger partial charge in [-0.3, -0.25) is 0 Å². The fourth-order valence-corrected chi connectivity index (χ4v) is 1.83. The molecular weight excluding hydrogens is 204 g/mol. The lowest BCUT2D eigenvalue weighted by molar-refractivity contribution is -0.117. The third kappa shape index (κ3) is 4.29. The van der Waals surface area contributed by atoms with Gasteiger partial charge in [0.15, 0.2) is 0 Å². The highest BCUT2D eigenvalue weighted by Crippen LogP contribution is 2.21. The number of carbonyl (C=O) groups is 1. The Labute approximate surface area is 98.1 Å². The Morgan fingerprint density at radius 3 is 2.19 bits per heavy atom. The Hall–Kier alpha value is -0.930. The Morgan fingerprint density at radius 1 is 1.19 bits per heavy atom. The highest BCUT2D eigenvalue weighted by Gasteiger charge is 2.28. The van der Waals surface area contributed by atoms with E-state index in [-0.39, 0.29) is 24.0 Å². The lowest BCUT2D eigenvalue weighted by atomic mass is 9.89. The van der Waals surface area contributed by atoms with Crippen LogP contribution in [0.5, 0.6) is 0 Å². The molecule has 0 aromatic carbocycles. The molecule has 0 unspecified atom stereocenters. The van der Waals surface area contributed by atoms with Crippen LogP contribution in [0, 0.1) is 11.8 Å². The van der Waals surface area contributed by atoms with E-state index in [2.05, 4.69) is 6.58 Å². The minimum atomic E-state index is -0.144. The zero-order valence-electron chi connectivity index (χ0n) is 10.6. The molecule has 16 heavy (non-hydrogen) atoms. The van der Waals surface area contributed by atoms with Crippen LogP contribution in [-0.4, -0.2) is 32.7 Å². The quantitative estimate of drug-likeness (QED) is 0.470. The number of hydrogen-bond acceptors (Lipinski definition) is 3. The average Bonchev–Trinajstić information content (AvgIpc) is 2.30. The molecule has 0 saturated carbocycles. The topological polar surface area (TPSA) is 35.5 Å². The zero-order chi connectivity index (χ0) is 12.6. The number of hydrogen-bond donors (Lipinski definition) is 0. The number of carbonyl (C=O) groups excluding carboxylic acids is 1. The molecule has 0 aromatic heterocycles. The molecule has 0 radical (unpaired) electrons. The summed E-state index contributed by atoms with van der Waals surface area (Å²) in [6.45, 7) is 7.47. The van der Waals surface area contributed by atoms with Crippen LogP contribution in [0.2, 0.25) is 0 Å². The first-order valence-electron chi connectivity index (χ1n) is 5.42. The Balaban J connectivity index is 4.67. The summed E-state index contributed by atoms with van der Waals surface area (Å²) in [6, 6.07) is 0. The largest absolute Gasteiger partial charge is 0.380 e. The smallest absolute Gasteiger partial charge is 0.125 e. The molecule has 0 bridgehead atoms. The maximum Gasteiger partial charge on any atom is 0.125 e. The second kappa shape index (κ2) is 8.25. The van der Waals surface area contributed by atoms with Gasteiger partial charge >= 0.3 is 0 Å². The summed E-state index contributed by atoms with van der Waals surface area (Å²) in [5, 5.41) is 0. The van der Waals surface area contributed by atoms with Gasteiger partial charge in [-0.2, -0.15) is 0 Å². The molecule has 0 rings (SSSR count). The number of ether oxygens (including phenoxy) is 2. The maximum atomic E-state index is 10.8. The van der Waals surface area contributed by atoms with Crippen molar-refractivity contribution in [1.82, 2.24) is 0 Å². The zero-order valence-corrected chi connectivity index (χ0v) is 10.6. The van der Waals surface area contributed by atoms with E-state index in [9.17, 15) is 4.79 Å². The van der Waals surface area contributed by atoms with Gasteiger partial charge in [-0.25, -0.2) is 0 Å². The Kier molecular flexibility index (Phi) is 7.77. The molecule has 0 spiro atoms. The van der Waals surface area contributed by atoms with Crippen molar-refractivity contribution < 1.29 is 14.3 Å².